The van der Waals surface area contributed by atoms with Gasteiger partial charge in [-0.05, 0) is 5.03 Å². The Morgan fingerprint density at radius 3 is 2.29 bits per heavy atom. The summed E-state index contributed by atoms with van der Waals surface area (Å²) in [5.41, 5.74) is 2.85. The average Bonchev–Trinajstić information content (AvgIpc) is 1.35. The van der Waals surface area contributed by atoms with Crippen molar-refractivity contribution in [2.45, 2.75) is 6.92 Å². The maximum atomic E-state index is 9.24. The van der Waals surface area contributed by atoms with E-state index < -0.39 is 5.03 Å². The van der Waals surface area contributed by atoms with Gasteiger partial charge < -0.3 is 5.43 Å². The quantitative estimate of drug-likeness (QED) is 0.227. The molecule has 0 heterocycles. The molecule has 0 fully saturated rings. The summed E-state index contributed by atoms with van der Waals surface area (Å²) in [6, 6.07) is 0. The minimum atomic E-state index is -0.694. The molecule has 0 aliphatic heterocycles. The van der Waals surface area contributed by atoms with Gasteiger partial charge in [0.05, 0.1) is 0 Å². The van der Waals surface area contributed by atoms with Crippen LogP contribution >= 0.6 is 0 Å². The van der Waals surface area contributed by atoms with Gasteiger partial charge in [-0.1, -0.05) is 13.5 Å². The summed E-state index contributed by atoms with van der Waals surface area (Å²) < 4.78 is 0. The van der Waals surface area contributed by atoms with E-state index in [2.05, 4.69) is 5.43 Å². The standard InChI is InChI=1S/C2H5N2O2.Na/c1-2-3-4(5)6;/h2H2,1H3;/q-1;+1. The molecule has 0 saturated heterocycles. The van der Waals surface area contributed by atoms with Crippen molar-refractivity contribution < 1.29 is 34.6 Å². The summed E-state index contributed by atoms with van der Waals surface area (Å²) in [5, 5.41) is 8.54. The average molecular weight is 112 g/mol. The Morgan fingerprint density at radius 2 is 2.29 bits per heavy atom. The van der Waals surface area contributed by atoms with E-state index in [9.17, 15) is 10.1 Å². The Labute approximate surface area is 63.7 Å². The predicted octanol–water partition coefficient (Wildman–Crippen LogP) is -2.42. The smallest absolute Gasteiger partial charge is 0.379 e. The minimum absolute atomic E-state index is 0. The first-order chi connectivity index (χ1) is 2.77. The predicted molar refractivity (Wildman–Crippen MR) is 20.9 cm³/mol. The molecule has 0 radical (unpaired) electrons. The molecule has 0 spiro atoms. The van der Waals surface area contributed by atoms with Crippen LogP contribution in [0.2, 0.25) is 0 Å². The molecular weight excluding hydrogens is 107 g/mol. The third-order valence-electron chi connectivity index (χ3n) is 0.257. The Balaban J connectivity index is 0. The number of hydrogen-bond acceptors (Lipinski definition) is 2. The van der Waals surface area contributed by atoms with Crippen LogP contribution in [0.4, 0.5) is 0 Å². The molecule has 0 saturated carbocycles. The summed E-state index contributed by atoms with van der Waals surface area (Å²) in [6.45, 7) is 1.87. The number of nitrogens with zero attached hydrogens (tertiary/aromatic N) is 2. The van der Waals surface area contributed by atoms with E-state index in [4.69, 9.17) is 0 Å². The summed E-state index contributed by atoms with van der Waals surface area (Å²) in [7, 11) is 0. The van der Waals surface area contributed by atoms with Gasteiger partial charge in [0.2, 0.25) is 0 Å². The van der Waals surface area contributed by atoms with Crippen LogP contribution in [-0.4, -0.2) is 11.6 Å². The SMILES string of the molecule is CC[N-][N+](=O)[O-].[Na+]. The fraction of sp³-hybridized carbons (Fsp3) is 1.00. The Bertz CT molecular complexity index is 57.7. The van der Waals surface area contributed by atoms with Crippen LogP contribution in [0.1, 0.15) is 6.92 Å². The van der Waals surface area contributed by atoms with Crippen LogP contribution in [-0.2, 0) is 0 Å². The molecule has 36 valence electrons. The van der Waals surface area contributed by atoms with E-state index in [-0.39, 0.29) is 36.1 Å². The van der Waals surface area contributed by atoms with Crippen molar-refractivity contribution in [3.63, 3.8) is 0 Å². The topological polar surface area (TPSA) is 57.2 Å². The van der Waals surface area contributed by atoms with Gasteiger partial charge in [0.1, 0.15) is 0 Å². The fourth-order valence-corrected chi connectivity index (χ4v) is 0.115. The van der Waals surface area contributed by atoms with E-state index in [1.807, 2.05) is 0 Å². The van der Waals surface area contributed by atoms with Gasteiger partial charge in [0.25, 0.3) is 0 Å². The van der Waals surface area contributed by atoms with Gasteiger partial charge in [-0.2, -0.15) is 0 Å². The molecule has 0 aromatic rings. The maximum absolute atomic E-state index is 9.24. The molecule has 0 unspecified atom stereocenters. The summed E-state index contributed by atoms with van der Waals surface area (Å²) in [4.78, 5) is 9.24. The zero-order valence-corrected chi connectivity index (χ0v) is 6.42. The van der Waals surface area contributed by atoms with Gasteiger partial charge in [0, 0.05) is 0 Å². The molecule has 0 rings (SSSR count). The third kappa shape index (κ3) is 10.7. The van der Waals surface area contributed by atoms with Crippen molar-refractivity contribution in [1.82, 2.24) is 0 Å². The van der Waals surface area contributed by atoms with Crippen molar-refractivity contribution in [2.24, 2.45) is 0 Å². The van der Waals surface area contributed by atoms with E-state index in [0.29, 0.717) is 0 Å². The maximum Gasteiger partial charge on any atom is 1.00 e. The summed E-state index contributed by atoms with van der Waals surface area (Å²) in [5.74, 6) is 0. The van der Waals surface area contributed by atoms with Crippen LogP contribution in [0.3, 0.4) is 0 Å². The Kier molecular flexibility index (Phi) is 9.07. The molecule has 7 heavy (non-hydrogen) atoms. The van der Waals surface area contributed by atoms with Crippen molar-refractivity contribution in [3.05, 3.63) is 15.5 Å². The van der Waals surface area contributed by atoms with E-state index in [1.165, 1.54) is 0 Å². The number of nitro groups is 1. The van der Waals surface area contributed by atoms with Crippen LogP contribution < -0.4 is 29.6 Å². The molecule has 0 aromatic heterocycles. The Hall–Kier alpha value is 0.200. The zero-order chi connectivity index (χ0) is 4.99. The van der Waals surface area contributed by atoms with E-state index in [0.717, 1.165) is 0 Å². The third-order valence-corrected chi connectivity index (χ3v) is 0.257. The van der Waals surface area contributed by atoms with Crippen LogP contribution in [0.15, 0.2) is 0 Å². The van der Waals surface area contributed by atoms with Gasteiger partial charge in [-0.3, -0.25) is 10.1 Å². The van der Waals surface area contributed by atoms with Crippen LogP contribution in [0, 0.1) is 10.1 Å². The molecular formula is C2H5N2NaO2. The molecule has 0 aliphatic carbocycles. The zero-order valence-electron chi connectivity index (χ0n) is 4.42. The first-order valence-corrected chi connectivity index (χ1v) is 1.59. The van der Waals surface area contributed by atoms with Crippen molar-refractivity contribution in [2.75, 3.05) is 6.54 Å². The second kappa shape index (κ2) is 6.20. The Morgan fingerprint density at radius 1 is 1.86 bits per heavy atom. The van der Waals surface area contributed by atoms with Crippen molar-refractivity contribution >= 4 is 0 Å². The molecule has 0 bridgehead atoms. The van der Waals surface area contributed by atoms with E-state index in [1.54, 1.807) is 6.92 Å². The number of rotatable bonds is 2. The van der Waals surface area contributed by atoms with E-state index >= 15 is 0 Å². The van der Waals surface area contributed by atoms with Gasteiger partial charge >= 0.3 is 29.6 Å². The van der Waals surface area contributed by atoms with Crippen LogP contribution in [0.25, 0.3) is 5.43 Å². The fourth-order valence-electron chi connectivity index (χ4n) is 0.115. The molecule has 4 nitrogen and oxygen atoms in total. The summed E-state index contributed by atoms with van der Waals surface area (Å²) >= 11 is 0. The van der Waals surface area contributed by atoms with Gasteiger partial charge in [-0.25, -0.2) is 0 Å². The molecule has 5 heteroatoms. The molecule has 0 aromatic carbocycles. The molecule has 0 aliphatic rings. The normalized spacial score (nSPS) is 6.43. The molecule has 0 amide bonds. The van der Waals surface area contributed by atoms with Crippen molar-refractivity contribution in [1.29, 1.82) is 0 Å². The molecule has 0 atom stereocenters. The first-order valence-electron chi connectivity index (χ1n) is 1.59. The van der Waals surface area contributed by atoms with Crippen molar-refractivity contribution in [3.8, 4) is 0 Å². The largest absolute Gasteiger partial charge is 1.00 e. The van der Waals surface area contributed by atoms with Gasteiger partial charge in [0.15, 0.2) is 0 Å². The minimum Gasteiger partial charge on any atom is -0.379 e. The number of hydrogen-bond donors (Lipinski definition) is 0. The molecule has 0 N–H and O–H groups in total. The second-order valence-corrected chi connectivity index (χ2v) is 0.695. The van der Waals surface area contributed by atoms with Gasteiger partial charge in [-0.15, -0.1) is 0 Å². The first kappa shape index (κ1) is 10.2. The summed E-state index contributed by atoms with van der Waals surface area (Å²) in [6.07, 6.45) is 0. The monoisotopic (exact) mass is 112 g/mol. The van der Waals surface area contributed by atoms with Crippen LogP contribution in [0.5, 0.6) is 0 Å². The second-order valence-electron chi connectivity index (χ2n) is 0.695.